The second-order valence-electron chi connectivity index (χ2n) is 6.80. The summed E-state index contributed by atoms with van der Waals surface area (Å²) in [5, 5.41) is 4.20. The molecule has 1 unspecified atom stereocenters. The average Bonchev–Trinajstić information content (AvgIpc) is 2.45. The molecule has 1 aliphatic heterocycles. The van der Waals surface area contributed by atoms with Crippen molar-refractivity contribution in [2.24, 2.45) is 0 Å². The van der Waals surface area contributed by atoms with Gasteiger partial charge in [-0.3, -0.25) is 0 Å². The van der Waals surface area contributed by atoms with E-state index >= 15 is 0 Å². The standard InChI is InChI=1S/C18H27NOS/c1-14(2)19-13-15-4-6-16(7-5-15)21-17-8-11-20-18(12-17)9-3-10-18/h4-7,14,17,19H,3,8-13H2,1-2H3. The van der Waals surface area contributed by atoms with Crippen molar-refractivity contribution < 1.29 is 4.74 Å². The van der Waals surface area contributed by atoms with Gasteiger partial charge in [0.25, 0.3) is 0 Å². The Labute approximate surface area is 133 Å². The highest BCUT2D eigenvalue weighted by molar-refractivity contribution is 8.00. The summed E-state index contributed by atoms with van der Waals surface area (Å²) in [7, 11) is 0. The van der Waals surface area contributed by atoms with Crippen LogP contribution in [0.5, 0.6) is 0 Å². The smallest absolute Gasteiger partial charge is 0.0693 e. The first-order chi connectivity index (χ1) is 10.2. The topological polar surface area (TPSA) is 21.3 Å². The van der Waals surface area contributed by atoms with Gasteiger partial charge >= 0.3 is 0 Å². The van der Waals surface area contributed by atoms with Gasteiger partial charge in [0.2, 0.25) is 0 Å². The maximum atomic E-state index is 6.02. The second-order valence-corrected chi connectivity index (χ2v) is 8.17. The van der Waals surface area contributed by atoms with Crippen molar-refractivity contribution in [3.8, 4) is 0 Å². The third kappa shape index (κ3) is 4.02. The fraction of sp³-hybridized carbons (Fsp3) is 0.667. The van der Waals surface area contributed by atoms with Gasteiger partial charge < -0.3 is 10.1 Å². The van der Waals surface area contributed by atoms with E-state index in [-0.39, 0.29) is 5.60 Å². The zero-order valence-electron chi connectivity index (χ0n) is 13.2. The van der Waals surface area contributed by atoms with Gasteiger partial charge in [0.15, 0.2) is 0 Å². The first-order valence-electron chi connectivity index (χ1n) is 8.28. The van der Waals surface area contributed by atoms with E-state index < -0.39 is 0 Å². The quantitative estimate of drug-likeness (QED) is 0.872. The molecule has 1 aliphatic carbocycles. The van der Waals surface area contributed by atoms with Gasteiger partial charge in [-0.1, -0.05) is 26.0 Å². The van der Waals surface area contributed by atoms with Crippen LogP contribution in [-0.4, -0.2) is 23.5 Å². The lowest BCUT2D eigenvalue weighted by molar-refractivity contribution is -0.125. The van der Waals surface area contributed by atoms with Gasteiger partial charge in [-0.2, -0.15) is 0 Å². The van der Waals surface area contributed by atoms with Gasteiger partial charge in [-0.05, 0) is 49.8 Å². The molecule has 116 valence electrons. The van der Waals surface area contributed by atoms with Crippen molar-refractivity contribution in [1.82, 2.24) is 5.32 Å². The van der Waals surface area contributed by atoms with E-state index in [1.54, 1.807) is 0 Å². The van der Waals surface area contributed by atoms with Gasteiger partial charge in [-0.25, -0.2) is 0 Å². The van der Waals surface area contributed by atoms with Crippen molar-refractivity contribution in [3.63, 3.8) is 0 Å². The fourth-order valence-corrected chi connectivity index (χ4v) is 4.48. The van der Waals surface area contributed by atoms with E-state index in [1.165, 1.54) is 42.6 Å². The molecule has 1 aromatic rings. The minimum Gasteiger partial charge on any atom is -0.375 e. The van der Waals surface area contributed by atoms with Crippen molar-refractivity contribution in [3.05, 3.63) is 29.8 Å². The number of thioether (sulfide) groups is 1. The zero-order valence-corrected chi connectivity index (χ0v) is 14.0. The lowest BCUT2D eigenvalue weighted by atomic mass is 9.75. The maximum Gasteiger partial charge on any atom is 0.0693 e. The molecule has 1 saturated carbocycles. The van der Waals surface area contributed by atoms with Gasteiger partial charge in [0, 0.05) is 29.3 Å². The Morgan fingerprint density at radius 3 is 2.67 bits per heavy atom. The van der Waals surface area contributed by atoms with Crippen LogP contribution < -0.4 is 5.32 Å². The molecular formula is C18H27NOS. The molecule has 1 atom stereocenters. The fourth-order valence-electron chi connectivity index (χ4n) is 3.20. The number of benzene rings is 1. The predicted molar refractivity (Wildman–Crippen MR) is 89.8 cm³/mol. The van der Waals surface area contributed by atoms with Crippen LogP contribution in [0.2, 0.25) is 0 Å². The largest absolute Gasteiger partial charge is 0.375 e. The summed E-state index contributed by atoms with van der Waals surface area (Å²) in [6, 6.07) is 9.63. The highest BCUT2D eigenvalue weighted by Crippen LogP contribution is 2.46. The molecule has 21 heavy (non-hydrogen) atoms. The van der Waals surface area contributed by atoms with Crippen LogP contribution in [0.25, 0.3) is 0 Å². The third-order valence-electron chi connectivity index (χ3n) is 4.65. The summed E-state index contributed by atoms with van der Waals surface area (Å²) >= 11 is 2.05. The Kier molecular flexibility index (Phi) is 4.92. The van der Waals surface area contributed by atoms with Crippen molar-refractivity contribution in [1.29, 1.82) is 0 Å². The van der Waals surface area contributed by atoms with Crippen LogP contribution in [0.15, 0.2) is 29.2 Å². The predicted octanol–water partition coefficient (Wildman–Crippen LogP) is 4.38. The molecule has 3 rings (SSSR count). The van der Waals surface area contributed by atoms with E-state index in [2.05, 4.69) is 43.4 Å². The van der Waals surface area contributed by atoms with E-state index in [0.717, 1.165) is 18.4 Å². The normalized spacial score (nSPS) is 24.2. The minimum atomic E-state index is 0.261. The second kappa shape index (κ2) is 6.72. The van der Waals surface area contributed by atoms with Gasteiger partial charge in [-0.15, -0.1) is 11.8 Å². The molecule has 1 saturated heterocycles. The maximum absolute atomic E-state index is 6.02. The Balaban J connectivity index is 1.52. The molecule has 2 aliphatic rings. The van der Waals surface area contributed by atoms with E-state index in [4.69, 9.17) is 4.74 Å². The van der Waals surface area contributed by atoms with Crippen LogP contribution in [-0.2, 0) is 11.3 Å². The van der Waals surface area contributed by atoms with E-state index in [1.807, 2.05) is 11.8 Å². The molecular weight excluding hydrogens is 278 g/mol. The van der Waals surface area contributed by atoms with Crippen LogP contribution in [0.4, 0.5) is 0 Å². The molecule has 1 aromatic carbocycles. The number of rotatable bonds is 5. The van der Waals surface area contributed by atoms with Crippen LogP contribution >= 0.6 is 11.8 Å². The number of ether oxygens (including phenoxy) is 1. The minimum absolute atomic E-state index is 0.261. The first-order valence-corrected chi connectivity index (χ1v) is 9.16. The van der Waals surface area contributed by atoms with Gasteiger partial charge in [0.05, 0.1) is 5.60 Å². The number of hydrogen-bond acceptors (Lipinski definition) is 3. The Morgan fingerprint density at radius 1 is 1.29 bits per heavy atom. The van der Waals surface area contributed by atoms with Crippen LogP contribution in [0.3, 0.4) is 0 Å². The monoisotopic (exact) mass is 305 g/mol. The zero-order chi connectivity index (χ0) is 14.7. The molecule has 1 spiro atoms. The molecule has 1 N–H and O–H groups in total. The molecule has 2 nitrogen and oxygen atoms in total. The summed E-state index contributed by atoms with van der Waals surface area (Å²) in [4.78, 5) is 1.41. The molecule has 0 amide bonds. The SMILES string of the molecule is CC(C)NCc1ccc(SC2CCOC3(CCC3)C2)cc1. The molecule has 0 aromatic heterocycles. The molecule has 0 radical (unpaired) electrons. The molecule has 3 heteroatoms. The lowest BCUT2D eigenvalue weighted by Crippen LogP contribution is -2.46. The highest BCUT2D eigenvalue weighted by Gasteiger charge is 2.42. The average molecular weight is 305 g/mol. The van der Waals surface area contributed by atoms with E-state index in [9.17, 15) is 0 Å². The molecule has 1 heterocycles. The molecule has 0 bridgehead atoms. The Hall–Kier alpha value is -0.510. The van der Waals surface area contributed by atoms with Crippen LogP contribution in [0.1, 0.15) is 51.5 Å². The van der Waals surface area contributed by atoms with Gasteiger partial charge in [0.1, 0.15) is 0 Å². The van der Waals surface area contributed by atoms with Crippen LogP contribution in [0, 0.1) is 0 Å². The number of nitrogens with one attached hydrogen (secondary N) is 1. The first kappa shape index (κ1) is 15.4. The third-order valence-corrected chi connectivity index (χ3v) is 5.93. The van der Waals surface area contributed by atoms with Crippen molar-refractivity contribution >= 4 is 11.8 Å². The number of hydrogen-bond donors (Lipinski definition) is 1. The van der Waals surface area contributed by atoms with Crippen molar-refractivity contribution in [2.45, 2.75) is 74.3 Å². The highest BCUT2D eigenvalue weighted by atomic mass is 32.2. The Morgan fingerprint density at radius 2 is 2.05 bits per heavy atom. The summed E-state index contributed by atoms with van der Waals surface area (Å²) < 4.78 is 6.02. The summed E-state index contributed by atoms with van der Waals surface area (Å²) in [6.45, 7) is 6.29. The van der Waals surface area contributed by atoms with E-state index in [0.29, 0.717) is 6.04 Å². The lowest BCUT2D eigenvalue weighted by Gasteiger charge is -2.47. The van der Waals surface area contributed by atoms with Crippen molar-refractivity contribution in [2.75, 3.05) is 6.61 Å². The molecule has 2 fully saturated rings. The Bertz CT molecular complexity index is 453. The summed E-state index contributed by atoms with van der Waals surface area (Å²) in [5.74, 6) is 0. The summed E-state index contributed by atoms with van der Waals surface area (Å²) in [5.41, 5.74) is 1.63. The summed E-state index contributed by atoms with van der Waals surface area (Å²) in [6.07, 6.45) is 6.36.